The Balaban J connectivity index is 1.39. The van der Waals surface area contributed by atoms with Crippen molar-refractivity contribution >= 4 is 18.2 Å². The van der Waals surface area contributed by atoms with Crippen LogP contribution in [0.3, 0.4) is 0 Å². The number of carbonyl (C=O) groups is 3. The van der Waals surface area contributed by atoms with E-state index in [0.29, 0.717) is 19.4 Å². The second-order valence-electron chi connectivity index (χ2n) is 11.1. The molecule has 0 saturated heterocycles. The molecule has 8 nitrogen and oxygen atoms in total. The maximum absolute atomic E-state index is 13.0. The van der Waals surface area contributed by atoms with Crippen LogP contribution in [-0.2, 0) is 14.3 Å². The van der Waals surface area contributed by atoms with Crippen LogP contribution in [0.1, 0.15) is 69.9 Å². The SMILES string of the molecule is CC(C)(C)OC(=O)NCC1CCCC(CC(=O)O)(NC(=O)OCC2c3ccccc3-c3ccccc32)C1. The summed E-state index contributed by atoms with van der Waals surface area (Å²) >= 11 is 0. The first-order valence-electron chi connectivity index (χ1n) is 12.9. The third-order valence-corrected chi connectivity index (χ3v) is 7.08. The molecule has 2 unspecified atom stereocenters. The van der Waals surface area contributed by atoms with Crippen LogP contribution >= 0.6 is 0 Å². The molecule has 4 rings (SSSR count). The molecule has 8 heteroatoms. The molecule has 198 valence electrons. The number of hydrogen-bond donors (Lipinski definition) is 3. The third-order valence-electron chi connectivity index (χ3n) is 7.08. The van der Waals surface area contributed by atoms with Crippen molar-refractivity contribution in [2.75, 3.05) is 13.2 Å². The number of carbonyl (C=O) groups excluding carboxylic acids is 2. The molecule has 0 radical (unpaired) electrons. The minimum atomic E-state index is -0.986. The quantitative estimate of drug-likeness (QED) is 0.458. The van der Waals surface area contributed by atoms with E-state index in [9.17, 15) is 19.5 Å². The summed E-state index contributed by atoms with van der Waals surface area (Å²) in [7, 11) is 0. The first-order chi connectivity index (χ1) is 17.6. The van der Waals surface area contributed by atoms with Crippen LogP contribution in [0.4, 0.5) is 9.59 Å². The lowest BCUT2D eigenvalue weighted by atomic mass is 9.74. The number of alkyl carbamates (subject to hydrolysis) is 2. The first-order valence-corrected chi connectivity index (χ1v) is 12.9. The summed E-state index contributed by atoms with van der Waals surface area (Å²) < 4.78 is 11.0. The van der Waals surface area contributed by atoms with Crippen LogP contribution in [0.5, 0.6) is 0 Å². The zero-order chi connectivity index (χ0) is 26.6. The van der Waals surface area contributed by atoms with Gasteiger partial charge >= 0.3 is 18.2 Å². The molecule has 0 spiro atoms. The summed E-state index contributed by atoms with van der Waals surface area (Å²) in [5, 5.41) is 15.3. The number of carboxylic acids is 1. The summed E-state index contributed by atoms with van der Waals surface area (Å²) in [6.45, 7) is 5.89. The Kier molecular flexibility index (Phi) is 7.76. The van der Waals surface area contributed by atoms with Gasteiger partial charge in [-0.1, -0.05) is 55.0 Å². The van der Waals surface area contributed by atoms with Crippen LogP contribution in [0.2, 0.25) is 0 Å². The number of nitrogens with one attached hydrogen (secondary N) is 2. The average Bonchev–Trinajstić information content (AvgIpc) is 3.14. The number of fused-ring (bicyclic) bond motifs is 3. The molecule has 0 heterocycles. The van der Waals surface area contributed by atoms with Gasteiger partial charge in [-0.15, -0.1) is 0 Å². The summed E-state index contributed by atoms with van der Waals surface area (Å²) in [6.07, 6.45) is 1.18. The third kappa shape index (κ3) is 6.61. The second kappa shape index (κ2) is 10.8. The van der Waals surface area contributed by atoms with Crippen molar-refractivity contribution < 1.29 is 29.0 Å². The monoisotopic (exact) mass is 508 g/mol. The van der Waals surface area contributed by atoms with E-state index < -0.39 is 29.3 Å². The fraction of sp³-hybridized carbons (Fsp3) is 0.483. The largest absolute Gasteiger partial charge is 0.481 e. The summed E-state index contributed by atoms with van der Waals surface area (Å²) in [5.74, 6) is -1.06. The van der Waals surface area contributed by atoms with Gasteiger partial charge in [0.25, 0.3) is 0 Å². The molecule has 1 saturated carbocycles. The van der Waals surface area contributed by atoms with Gasteiger partial charge in [0.1, 0.15) is 12.2 Å². The Hall–Kier alpha value is -3.55. The zero-order valence-corrected chi connectivity index (χ0v) is 21.7. The highest BCUT2D eigenvalue weighted by Gasteiger charge is 2.40. The number of rotatable bonds is 7. The van der Waals surface area contributed by atoms with Gasteiger partial charge in [0, 0.05) is 12.5 Å². The second-order valence-corrected chi connectivity index (χ2v) is 11.1. The van der Waals surface area contributed by atoms with E-state index in [1.54, 1.807) is 20.8 Å². The smallest absolute Gasteiger partial charge is 0.407 e. The minimum absolute atomic E-state index is 0.00880. The molecule has 2 aromatic carbocycles. The Morgan fingerprint density at radius 1 is 1.00 bits per heavy atom. The first kappa shape index (κ1) is 26.5. The average molecular weight is 509 g/mol. The molecule has 0 aromatic heterocycles. The number of aliphatic carboxylic acids is 1. The Morgan fingerprint density at radius 3 is 2.22 bits per heavy atom. The van der Waals surface area contributed by atoms with Gasteiger partial charge in [-0.05, 0) is 68.2 Å². The number of benzene rings is 2. The Morgan fingerprint density at radius 2 is 1.62 bits per heavy atom. The van der Waals surface area contributed by atoms with Crippen LogP contribution in [0.15, 0.2) is 48.5 Å². The Bertz CT molecular complexity index is 1110. The van der Waals surface area contributed by atoms with Crippen molar-refractivity contribution in [1.29, 1.82) is 0 Å². The molecule has 2 aliphatic carbocycles. The number of ether oxygens (including phenoxy) is 2. The van der Waals surface area contributed by atoms with Crippen molar-refractivity contribution in [3.8, 4) is 11.1 Å². The van der Waals surface area contributed by atoms with E-state index >= 15 is 0 Å². The van der Waals surface area contributed by atoms with Crippen molar-refractivity contribution in [3.05, 3.63) is 59.7 Å². The molecule has 2 aromatic rings. The molecule has 2 amide bonds. The number of hydrogen-bond acceptors (Lipinski definition) is 5. The van der Waals surface area contributed by atoms with Crippen molar-refractivity contribution in [2.45, 2.75) is 69.9 Å². The predicted octanol–water partition coefficient (Wildman–Crippen LogP) is 5.45. The predicted molar refractivity (Wildman–Crippen MR) is 139 cm³/mol. The maximum atomic E-state index is 13.0. The van der Waals surface area contributed by atoms with Crippen molar-refractivity contribution in [1.82, 2.24) is 10.6 Å². The fourth-order valence-electron chi connectivity index (χ4n) is 5.66. The minimum Gasteiger partial charge on any atom is -0.481 e. The normalized spacial score (nSPS) is 20.9. The van der Waals surface area contributed by atoms with Gasteiger partial charge in [0.2, 0.25) is 0 Å². The summed E-state index contributed by atoms with van der Waals surface area (Å²) in [6, 6.07) is 16.2. The molecule has 2 atom stereocenters. The molecule has 37 heavy (non-hydrogen) atoms. The van der Waals surface area contributed by atoms with Crippen LogP contribution in [0, 0.1) is 5.92 Å². The molecule has 3 N–H and O–H groups in total. The molecular formula is C29H36N2O6. The summed E-state index contributed by atoms with van der Waals surface area (Å²) in [4.78, 5) is 36.8. The Labute approximate surface area is 217 Å². The van der Waals surface area contributed by atoms with Crippen LogP contribution in [0.25, 0.3) is 11.1 Å². The standard InChI is InChI=1S/C29H36N2O6/c1-28(2,3)37-26(34)30-17-19-9-8-14-29(15-19,16-25(32)33)31-27(35)36-18-24-22-12-6-4-10-20(22)21-11-5-7-13-23(21)24/h4-7,10-13,19,24H,8-9,14-18H2,1-3H3,(H,30,34)(H,31,35)(H,32,33). The van der Waals surface area contributed by atoms with E-state index in [-0.39, 0.29) is 24.9 Å². The van der Waals surface area contributed by atoms with E-state index in [4.69, 9.17) is 9.47 Å². The maximum Gasteiger partial charge on any atom is 0.407 e. The number of amides is 2. The molecule has 0 aliphatic heterocycles. The van der Waals surface area contributed by atoms with Crippen LogP contribution in [-0.4, -0.2) is 47.6 Å². The van der Waals surface area contributed by atoms with Gasteiger partial charge in [0.15, 0.2) is 0 Å². The molecule has 1 fully saturated rings. The van der Waals surface area contributed by atoms with Crippen molar-refractivity contribution in [2.24, 2.45) is 5.92 Å². The summed E-state index contributed by atoms with van der Waals surface area (Å²) in [5.41, 5.74) is 2.97. The van der Waals surface area contributed by atoms with E-state index in [0.717, 1.165) is 35.1 Å². The van der Waals surface area contributed by atoms with Crippen LogP contribution < -0.4 is 10.6 Å². The lowest BCUT2D eigenvalue weighted by Crippen LogP contribution is -2.54. The topological polar surface area (TPSA) is 114 Å². The highest BCUT2D eigenvalue weighted by molar-refractivity contribution is 5.79. The molecule has 2 aliphatic rings. The van der Waals surface area contributed by atoms with E-state index in [1.807, 2.05) is 24.3 Å². The molecule has 0 bridgehead atoms. The number of carboxylic acid groups (broad SMARTS) is 1. The van der Waals surface area contributed by atoms with Gasteiger partial charge in [-0.3, -0.25) is 4.79 Å². The van der Waals surface area contributed by atoms with Gasteiger partial charge < -0.3 is 25.2 Å². The van der Waals surface area contributed by atoms with Gasteiger partial charge in [-0.2, -0.15) is 0 Å². The molecular weight excluding hydrogens is 472 g/mol. The fourth-order valence-corrected chi connectivity index (χ4v) is 5.66. The zero-order valence-electron chi connectivity index (χ0n) is 21.7. The van der Waals surface area contributed by atoms with E-state index in [1.165, 1.54) is 0 Å². The van der Waals surface area contributed by atoms with Gasteiger partial charge in [-0.25, -0.2) is 9.59 Å². The van der Waals surface area contributed by atoms with Crippen molar-refractivity contribution in [3.63, 3.8) is 0 Å². The lowest BCUT2D eigenvalue weighted by molar-refractivity contribution is -0.139. The highest BCUT2D eigenvalue weighted by Crippen LogP contribution is 2.44. The highest BCUT2D eigenvalue weighted by atomic mass is 16.6. The lowest BCUT2D eigenvalue weighted by Gasteiger charge is -2.40. The van der Waals surface area contributed by atoms with E-state index in [2.05, 4.69) is 34.9 Å². The van der Waals surface area contributed by atoms with Gasteiger partial charge in [0.05, 0.1) is 12.0 Å².